The first-order valence-corrected chi connectivity index (χ1v) is 14.9. The maximum Gasteiger partial charge on any atom is 0.264 e. The van der Waals surface area contributed by atoms with Crippen molar-refractivity contribution in [2.75, 3.05) is 36.0 Å². The van der Waals surface area contributed by atoms with E-state index in [1.165, 1.54) is 16.7 Å². The van der Waals surface area contributed by atoms with Crippen LogP contribution >= 0.6 is 23.5 Å². The molecule has 0 aliphatic carbocycles. The van der Waals surface area contributed by atoms with Gasteiger partial charge in [0.2, 0.25) is 5.91 Å². The molecule has 0 heterocycles. The Morgan fingerprint density at radius 3 is 2.26 bits per heavy atom. The van der Waals surface area contributed by atoms with E-state index >= 15 is 0 Å². The molecule has 9 heteroatoms. The monoisotopic (exact) mass is 530 g/mol. The molecule has 0 atom stereocenters. The van der Waals surface area contributed by atoms with Gasteiger partial charge in [0.15, 0.2) is 0 Å². The van der Waals surface area contributed by atoms with Gasteiger partial charge in [-0.25, -0.2) is 8.42 Å². The van der Waals surface area contributed by atoms with Gasteiger partial charge in [-0.05, 0) is 86.0 Å². The highest BCUT2D eigenvalue weighted by Gasteiger charge is 2.27. The van der Waals surface area contributed by atoms with Crippen molar-refractivity contribution < 1.29 is 17.9 Å². The highest BCUT2D eigenvalue weighted by molar-refractivity contribution is 7.99. The van der Waals surface area contributed by atoms with E-state index in [0.29, 0.717) is 24.6 Å². The number of rotatable bonds is 13. The molecule has 0 saturated carbocycles. The molecule has 186 valence electrons. The maximum atomic E-state index is 13.5. The van der Waals surface area contributed by atoms with Gasteiger partial charge < -0.3 is 10.1 Å². The summed E-state index contributed by atoms with van der Waals surface area (Å²) in [4.78, 5) is 15.0. The zero-order chi connectivity index (χ0) is 25.1. The molecule has 0 aliphatic heterocycles. The number of amides is 1. The number of nitrogens with zero attached hydrogens (tertiary/aromatic N) is 1. The summed E-state index contributed by atoms with van der Waals surface area (Å²) in [6.07, 6.45) is 2.70. The standard InChI is InChI=1S/C26H30N2O4S3/c1-3-32-22-12-10-21(11-13-22)28(35(30,31)25-16-14-23(33-2)15-17-25)20-26(29)27-18-7-19-34-24-8-5-4-6-9-24/h4-6,8-17H,3,7,18-20H2,1-2H3,(H,27,29). The van der Waals surface area contributed by atoms with Crippen LogP contribution < -0.4 is 14.4 Å². The Bertz CT molecular complexity index is 1170. The van der Waals surface area contributed by atoms with Gasteiger partial charge in [-0.3, -0.25) is 9.10 Å². The Kier molecular flexibility index (Phi) is 10.4. The highest BCUT2D eigenvalue weighted by Crippen LogP contribution is 2.27. The first-order valence-electron chi connectivity index (χ1n) is 11.3. The number of anilines is 1. The number of ether oxygens (including phenoxy) is 1. The fraction of sp³-hybridized carbons (Fsp3) is 0.269. The van der Waals surface area contributed by atoms with E-state index in [0.717, 1.165) is 21.4 Å². The lowest BCUT2D eigenvalue weighted by Gasteiger charge is -2.24. The molecule has 0 unspecified atom stereocenters. The van der Waals surface area contributed by atoms with Crippen LogP contribution in [0, 0.1) is 0 Å². The molecule has 0 aromatic heterocycles. The zero-order valence-electron chi connectivity index (χ0n) is 19.8. The molecular weight excluding hydrogens is 500 g/mol. The fourth-order valence-electron chi connectivity index (χ4n) is 3.26. The van der Waals surface area contributed by atoms with E-state index in [1.807, 2.05) is 31.4 Å². The third kappa shape index (κ3) is 7.95. The molecule has 0 bridgehead atoms. The summed E-state index contributed by atoms with van der Waals surface area (Å²) < 4.78 is 33.7. The number of nitrogens with one attached hydrogen (secondary N) is 1. The molecule has 0 radical (unpaired) electrons. The minimum atomic E-state index is -3.95. The van der Waals surface area contributed by atoms with Crippen LogP contribution in [0.15, 0.2) is 93.5 Å². The van der Waals surface area contributed by atoms with Crippen molar-refractivity contribution in [3.05, 3.63) is 78.9 Å². The van der Waals surface area contributed by atoms with Crippen molar-refractivity contribution in [1.29, 1.82) is 0 Å². The van der Waals surface area contributed by atoms with Crippen LogP contribution in [-0.4, -0.2) is 46.0 Å². The van der Waals surface area contributed by atoms with E-state index in [9.17, 15) is 13.2 Å². The van der Waals surface area contributed by atoms with Crippen molar-refractivity contribution in [2.24, 2.45) is 0 Å². The van der Waals surface area contributed by atoms with Gasteiger partial charge in [0.1, 0.15) is 12.3 Å². The summed E-state index contributed by atoms with van der Waals surface area (Å²) in [7, 11) is -3.95. The predicted octanol–water partition coefficient (Wildman–Crippen LogP) is 5.30. The summed E-state index contributed by atoms with van der Waals surface area (Å²) in [6, 6.07) is 23.5. The van der Waals surface area contributed by atoms with Crippen LogP contribution in [0.5, 0.6) is 5.75 Å². The molecule has 1 amide bonds. The SMILES string of the molecule is CCOc1ccc(N(CC(=O)NCCCSc2ccccc2)S(=O)(=O)c2ccc(SC)cc2)cc1. The number of hydrogen-bond acceptors (Lipinski definition) is 6. The quantitative estimate of drug-likeness (QED) is 0.239. The van der Waals surface area contributed by atoms with Crippen LogP contribution in [0.25, 0.3) is 0 Å². The molecule has 0 spiro atoms. The van der Waals surface area contributed by atoms with Crippen LogP contribution in [0.1, 0.15) is 13.3 Å². The first kappa shape index (κ1) is 27.0. The number of hydrogen-bond donors (Lipinski definition) is 1. The number of carbonyl (C=O) groups is 1. The van der Waals surface area contributed by atoms with Gasteiger partial charge in [0.25, 0.3) is 10.0 Å². The van der Waals surface area contributed by atoms with Crippen LogP contribution in [0.2, 0.25) is 0 Å². The fourth-order valence-corrected chi connectivity index (χ4v) is 5.96. The lowest BCUT2D eigenvalue weighted by atomic mass is 10.3. The number of benzene rings is 3. The second-order valence-electron chi connectivity index (χ2n) is 7.48. The van der Waals surface area contributed by atoms with Crippen molar-refractivity contribution in [1.82, 2.24) is 5.32 Å². The number of carbonyl (C=O) groups excluding carboxylic acids is 1. The summed E-state index contributed by atoms with van der Waals surface area (Å²) in [5, 5.41) is 2.86. The smallest absolute Gasteiger partial charge is 0.264 e. The average molecular weight is 531 g/mol. The van der Waals surface area contributed by atoms with Gasteiger partial charge in [-0.2, -0.15) is 0 Å². The molecule has 6 nitrogen and oxygen atoms in total. The minimum absolute atomic E-state index is 0.135. The minimum Gasteiger partial charge on any atom is -0.494 e. The van der Waals surface area contributed by atoms with Crippen molar-refractivity contribution in [3.63, 3.8) is 0 Å². The third-order valence-electron chi connectivity index (χ3n) is 5.03. The van der Waals surface area contributed by atoms with E-state index < -0.39 is 10.0 Å². The van der Waals surface area contributed by atoms with Gasteiger partial charge in [-0.15, -0.1) is 23.5 Å². The summed E-state index contributed by atoms with van der Waals surface area (Å²) >= 11 is 3.25. The lowest BCUT2D eigenvalue weighted by molar-refractivity contribution is -0.119. The molecular formula is C26H30N2O4S3. The maximum absolute atomic E-state index is 13.5. The Morgan fingerprint density at radius 1 is 0.943 bits per heavy atom. The van der Waals surface area contributed by atoms with E-state index in [-0.39, 0.29) is 17.3 Å². The first-order chi connectivity index (χ1) is 16.9. The zero-order valence-corrected chi connectivity index (χ0v) is 22.3. The second kappa shape index (κ2) is 13.5. The van der Waals surface area contributed by atoms with Crippen molar-refractivity contribution >= 4 is 45.1 Å². The molecule has 3 rings (SSSR count). The van der Waals surface area contributed by atoms with Crippen molar-refractivity contribution in [3.8, 4) is 5.75 Å². The van der Waals surface area contributed by atoms with Crippen LogP contribution in [-0.2, 0) is 14.8 Å². The highest BCUT2D eigenvalue weighted by atomic mass is 32.2. The lowest BCUT2D eigenvalue weighted by Crippen LogP contribution is -2.41. The topological polar surface area (TPSA) is 75.7 Å². The normalized spacial score (nSPS) is 11.1. The molecule has 0 saturated heterocycles. The van der Waals surface area contributed by atoms with E-state index in [4.69, 9.17) is 4.74 Å². The molecule has 3 aromatic rings. The Hall–Kier alpha value is -2.62. The van der Waals surface area contributed by atoms with Gasteiger partial charge in [0.05, 0.1) is 17.2 Å². The van der Waals surface area contributed by atoms with Crippen LogP contribution in [0.3, 0.4) is 0 Å². The largest absolute Gasteiger partial charge is 0.494 e. The molecule has 35 heavy (non-hydrogen) atoms. The molecule has 0 aliphatic rings. The van der Waals surface area contributed by atoms with E-state index in [2.05, 4.69) is 17.4 Å². The number of thioether (sulfide) groups is 2. The summed E-state index contributed by atoms with van der Waals surface area (Å²) in [5.74, 6) is 1.14. The van der Waals surface area contributed by atoms with Crippen LogP contribution in [0.4, 0.5) is 5.69 Å². The summed E-state index contributed by atoms with van der Waals surface area (Å²) in [6.45, 7) is 2.55. The Labute approximate surface area is 216 Å². The van der Waals surface area contributed by atoms with E-state index in [1.54, 1.807) is 60.3 Å². The molecule has 1 N–H and O–H groups in total. The Balaban J connectivity index is 1.69. The van der Waals surface area contributed by atoms with Gasteiger partial charge in [0, 0.05) is 16.3 Å². The second-order valence-corrected chi connectivity index (χ2v) is 11.4. The van der Waals surface area contributed by atoms with Gasteiger partial charge in [-0.1, -0.05) is 18.2 Å². The predicted molar refractivity (Wildman–Crippen MR) is 145 cm³/mol. The molecule has 0 fully saturated rings. The number of sulfonamides is 1. The third-order valence-corrected chi connectivity index (χ3v) is 8.66. The van der Waals surface area contributed by atoms with Gasteiger partial charge >= 0.3 is 0 Å². The van der Waals surface area contributed by atoms with Crippen molar-refractivity contribution in [2.45, 2.75) is 28.0 Å². The average Bonchev–Trinajstić information content (AvgIpc) is 2.88. The Morgan fingerprint density at radius 2 is 1.63 bits per heavy atom. The summed E-state index contributed by atoms with van der Waals surface area (Å²) in [5.41, 5.74) is 0.400. The molecule has 3 aromatic carbocycles.